The minimum Gasteiger partial charge on any atom is -0.352 e. The zero-order valence-electron chi connectivity index (χ0n) is 16.9. The summed E-state index contributed by atoms with van der Waals surface area (Å²) in [7, 11) is 3.49. The van der Waals surface area contributed by atoms with Crippen LogP contribution < -0.4 is 5.32 Å². The molecule has 28 heavy (non-hydrogen) atoms. The van der Waals surface area contributed by atoms with E-state index >= 15 is 0 Å². The highest BCUT2D eigenvalue weighted by atomic mass is 19.1. The van der Waals surface area contributed by atoms with Crippen molar-refractivity contribution in [1.29, 1.82) is 0 Å². The van der Waals surface area contributed by atoms with Gasteiger partial charge in [0.25, 0.3) is 0 Å². The molecule has 1 N–H and O–H groups in total. The number of benzene rings is 1. The lowest BCUT2D eigenvalue weighted by atomic mass is 9.95. The Morgan fingerprint density at radius 2 is 1.86 bits per heavy atom. The first-order valence-electron chi connectivity index (χ1n) is 10.2. The van der Waals surface area contributed by atoms with Crippen molar-refractivity contribution >= 4 is 11.9 Å². The Morgan fingerprint density at radius 1 is 1.14 bits per heavy atom. The monoisotopic (exact) mass is 390 g/mol. The van der Waals surface area contributed by atoms with E-state index in [0.717, 1.165) is 25.9 Å². The molecular weight excluding hydrogens is 359 g/mol. The molecule has 0 radical (unpaired) electrons. The number of carbonyl (C=O) groups excluding carboxylic acids is 2. The minimum absolute atomic E-state index is 0.00919. The molecule has 3 rings (SSSR count). The number of hydrogen-bond donors (Lipinski definition) is 1. The van der Waals surface area contributed by atoms with Crippen LogP contribution in [0.25, 0.3) is 0 Å². The average Bonchev–Trinajstić information content (AvgIpc) is 2.69. The predicted molar refractivity (Wildman–Crippen MR) is 106 cm³/mol. The molecule has 7 heteroatoms. The topological polar surface area (TPSA) is 55.9 Å². The van der Waals surface area contributed by atoms with Crippen molar-refractivity contribution < 1.29 is 14.0 Å². The molecule has 1 atom stereocenters. The van der Waals surface area contributed by atoms with Crippen molar-refractivity contribution in [1.82, 2.24) is 20.0 Å². The van der Waals surface area contributed by atoms with Crippen LogP contribution >= 0.6 is 0 Å². The molecule has 3 amide bonds. The van der Waals surface area contributed by atoms with Gasteiger partial charge in [-0.2, -0.15) is 0 Å². The van der Waals surface area contributed by atoms with Gasteiger partial charge < -0.3 is 15.1 Å². The van der Waals surface area contributed by atoms with E-state index in [2.05, 4.69) is 10.2 Å². The highest BCUT2D eigenvalue weighted by molar-refractivity contribution is 5.80. The Morgan fingerprint density at radius 3 is 2.54 bits per heavy atom. The van der Waals surface area contributed by atoms with E-state index < -0.39 is 0 Å². The lowest BCUT2D eigenvalue weighted by molar-refractivity contribution is -0.127. The standard InChI is InChI=1S/C21H31FN4O2/c1-24(2)21(28)26-12-9-16(10-13-26)20(27)23-18-7-5-11-25(15-18)14-17-6-3-4-8-19(17)22/h3-4,6,8,16,18H,5,7,9-15H2,1-2H3,(H,23,27)/t18-/m0/s1. The van der Waals surface area contributed by atoms with Crippen LogP contribution in [-0.4, -0.2) is 73.0 Å². The summed E-state index contributed by atoms with van der Waals surface area (Å²) >= 11 is 0. The second kappa shape index (κ2) is 9.37. The molecule has 0 spiro atoms. The van der Waals surface area contributed by atoms with E-state index in [1.54, 1.807) is 30.0 Å². The van der Waals surface area contributed by atoms with Gasteiger partial charge in [-0.05, 0) is 38.3 Å². The smallest absolute Gasteiger partial charge is 0.319 e. The summed E-state index contributed by atoms with van der Waals surface area (Å²) in [5, 5.41) is 3.20. The Balaban J connectivity index is 1.47. The van der Waals surface area contributed by atoms with Gasteiger partial charge in [0.05, 0.1) is 0 Å². The SMILES string of the molecule is CN(C)C(=O)N1CCC(C(=O)N[C@H]2CCCN(Cc3ccccc3F)C2)CC1. The number of piperidine rings is 2. The van der Waals surface area contributed by atoms with E-state index in [1.807, 2.05) is 12.1 Å². The summed E-state index contributed by atoms with van der Waals surface area (Å²) < 4.78 is 13.9. The number of carbonyl (C=O) groups is 2. The Bertz CT molecular complexity index is 689. The fourth-order valence-corrected chi connectivity index (χ4v) is 4.12. The summed E-state index contributed by atoms with van der Waals surface area (Å²) in [6.45, 7) is 3.49. The minimum atomic E-state index is -0.173. The second-order valence-electron chi connectivity index (χ2n) is 8.11. The third-order valence-electron chi connectivity index (χ3n) is 5.72. The largest absolute Gasteiger partial charge is 0.352 e. The molecule has 2 aliphatic rings. The Kier molecular flexibility index (Phi) is 6.88. The third kappa shape index (κ3) is 5.22. The van der Waals surface area contributed by atoms with Crippen LogP contribution in [0.1, 0.15) is 31.2 Å². The molecule has 1 aromatic carbocycles. The maximum atomic E-state index is 13.9. The van der Waals surface area contributed by atoms with E-state index in [-0.39, 0.29) is 29.7 Å². The summed E-state index contributed by atoms with van der Waals surface area (Å²) in [5.41, 5.74) is 0.701. The van der Waals surface area contributed by atoms with Gasteiger partial charge in [-0.1, -0.05) is 18.2 Å². The van der Waals surface area contributed by atoms with Gasteiger partial charge in [-0.25, -0.2) is 9.18 Å². The zero-order valence-corrected chi connectivity index (χ0v) is 16.9. The fourth-order valence-electron chi connectivity index (χ4n) is 4.12. The van der Waals surface area contributed by atoms with Crippen LogP contribution in [0.4, 0.5) is 9.18 Å². The van der Waals surface area contributed by atoms with Crippen LogP contribution in [0.3, 0.4) is 0 Å². The quantitative estimate of drug-likeness (QED) is 0.858. The van der Waals surface area contributed by atoms with E-state index in [4.69, 9.17) is 0 Å². The first-order valence-corrected chi connectivity index (χ1v) is 10.2. The number of amides is 3. The first kappa shape index (κ1) is 20.6. The van der Waals surface area contributed by atoms with E-state index in [9.17, 15) is 14.0 Å². The maximum Gasteiger partial charge on any atom is 0.319 e. The predicted octanol–water partition coefficient (Wildman–Crippen LogP) is 2.30. The molecule has 0 saturated carbocycles. The lowest BCUT2D eigenvalue weighted by Crippen LogP contribution is -2.51. The van der Waals surface area contributed by atoms with Crippen molar-refractivity contribution in [3.63, 3.8) is 0 Å². The molecule has 2 saturated heterocycles. The number of likely N-dealkylation sites (tertiary alicyclic amines) is 2. The van der Waals surface area contributed by atoms with Gasteiger partial charge in [-0.15, -0.1) is 0 Å². The number of urea groups is 1. The highest BCUT2D eigenvalue weighted by Crippen LogP contribution is 2.20. The normalized spacial score (nSPS) is 21.4. The van der Waals surface area contributed by atoms with E-state index in [0.29, 0.717) is 38.0 Å². The fraction of sp³-hybridized carbons (Fsp3) is 0.619. The molecule has 2 heterocycles. The summed E-state index contributed by atoms with van der Waals surface area (Å²) in [5.74, 6) is -0.115. The molecule has 0 aromatic heterocycles. The number of nitrogens with zero attached hydrogens (tertiary/aromatic N) is 3. The van der Waals surface area contributed by atoms with Gasteiger partial charge in [0.15, 0.2) is 0 Å². The summed E-state index contributed by atoms with van der Waals surface area (Å²) in [6, 6.07) is 6.99. The Hall–Kier alpha value is -2.15. The van der Waals surface area contributed by atoms with Gasteiger partial charge in [0, 0.05) is 57.8 Å². The molecule has 6 nitrogen and oxygen atoms in total. The van der Waals surface area contributed by atoms with Crippen molar-refractivity contribution in [3.05, 3.63) is 35.6 Å². The van der Waals surface area contributed by atoms with Gasteiger partial charge >= 0.3 is 6.03 Å². The van der Waals surface area contributed by atoms with Crippen LogP contribution in [0, 0.1) is 11.7 Å². The maximum absolute atomic E-state index is 13.9. The van der Waals surface area contributed by atoms with Crippen molar-refractivity contribution in [2.45, 2.75) is 38.3 Å². The summed E-state index contributed by atoms with van der Waals surface area (Å²) in [4.78, 5) is 30.3. The average molecular weight is 391 g/mol. The van der Waals surface area contributed by atoms with Crippen molar-refractivity contribution in [3.8, 4) is 0 Å². The van der Waals surface area contributed by atoms with Crippen LogP contribution in [0.5, 0.6) is 0 Å². The summed E-state index contributed by atoms with van der Waals surface area (Å²) in [6.07, 6.45) is 3.36. The molecular formula is C21H31FN4O2. The molecule has 1 aromatic rings. The lowest BCUT2D eigenvalue weighted by Gasteiger charge is -2.36. The molecule has 2 fully saturated rings. The van der Waals surface area contributed by atoms with Crippen molar-refractivity contribution in [2.24, 2.45) is 5.92 Å². The van der Waals surface area contributed by atoms with Gasteiger partial charge in [0.1, 0.15) is 5.82 Å². The van der Waals surface area contributed by atoms with Gasteiger partial charge in [-0.3, -0.25) is 9.69 Å². The van der Waals surface area contributed by atoms with Crippen molar-refractivity contribution in [2.75, 3.05) is 40.3 Å². The molecule has 0 aliphatic carbocycles. The molecule has 0 unspecified atom stereocenters. The second-order valence-corrected chi connectivity index (χ2v) is 8.11. The molecule has 0 bridgehead atoms. The van der Waals surface area contributed by atoms with Gasteiger partial charge in [0.2, 0.25) is 5.91 Å². The highest BCUT2D eigenvalue weighted by Gasteiger charge is 2.30. The van der Waals surface area contributed by atoms with E-state index in [1.165, 1.54) is 6.07 Å². The van der Waals surface area contributed by atoms with Crippen LogP contribution in [0.2, 0.25) is 0 Å². The zero-order chi connectivity index (χ0) is 20.1. The Labute approximate surface area is 166 Å². The third-order valence-corrected chi connectivity index (χ3v) is 5.72. The first-order chi connectivity index (χ1) is 13.4. The number of halogens is 1. The van der Waals surface area contributed by atoms with Crippen LogP contribution in [-0.2, 0) is 11.3 Å². The number of hydrogen-bond acceptors (Lipinski definition) is 3. The number of rotatable bonds is 4. The van der Waals surface area contributed by atoms with Crippen LogP contribution in [0.15, 0.2) is 24.3 Å². The molecule has 154 valence electrons. The molecule has 2 aliphatic heterocycles. The number of nitrogens with one attached hydrogen (secondary N) is 1.